The fourth-order valence-electron chi connectivity index (χ4n) is 2.18. The molecule has 17 heavy (non-hydrogen) atoms. The Labute approximate surface area is 105 Å². The maximum atomic E-state index is 5.27. The van der Waals surface area contributed by atoms with Gasteiger partial charge in [0.25, 0.3) is 0 Å². The first-order valence-electron chi connectivity index (χ1n) is 6.03. The summed E-state index contributed by atoms with van der Waals surface area (Å²) in [6.07, 6.45) is 2.20. The molecule has 0 saturated heterocycles. The van der Waals surface area contributed by atoms with Crippen molar-refractivity contribution in [2.24, 2.45) is 5.92 Å². The van der Waals surface area contributed by atoms with E-state index in [0.717, 1.165) is 12.3 Å². The van der Waals surface area contributed by atoms with Gasteiger partial charge in [0.1, 0.15) is 5.75 Å². The molecule has 0 aliphatic heterocycles. The Hall–Kier alpha value is -1.28. The summed E-state index contributed by atoms with van der Waals surface area (Å²) in [5, 5.41) is 0. The second-order valence-corrected chi connectivity index (χ2v) is 4.64. The molecule has 0 radical (unpaired) electrons. The lowest BCUT2D eigenvalue weighted by atomic mass is 9.93. The van der Waals surface area contributed by atoms with Crippen molar-refractivity contribution in [1.82, 2.24) is 4.90 Å². The minimum atomic E-state index is 0.516. The van der Waals surface area contributed by atoms with Crippen molar-refractivity contribution in [3.8, 4) is 5.75 Å². The van der Waals surface area contributed by atoms with Crippen molar-refractivity contribution >= 4 is 5.57 Å². The molecule has 2 heteroatoms. The van der Waals surface area contributed by atoms with E-state index in [1.54, 1.807) is 7.11 Å². The molecule has 0 unspecified atom stereocenters. The first kappa shape index (κ1) is 13.8. The Morgan fingerprint density at radius 3 is 2.65 bits per heavy atom. The fraction of sp³-hybridized carbons (Fsp3) is 0.467. The van der Waals surface area contributed by atoms with Crippen LogP contribution in [0, 0.1) is 5.92 Å². The molecule has 1 rings (SSSR count). The number of hydrogen-bond acceptors (Lipinski definition) is 2. The predicted molar refractivity (Wildman–Crippen MR) is 74.4 cm³/mol. The molecule has 0 bridgehead atoms. The van der Waals surface area contributed by atoms with Crippen molar-refractivity contribution in [2.75, 3.05) is 27.7 Å². The van der Waals surface area contributed by atoms with Crippen LogP contribution in [0.4, 0.5) is 0 Å². The number of hydrogen-bond donors (Lipinski definition) is 0. The smallest absolute Gasteiger partial charge is 0.119 e. The van der Waals surface area contributed by atoms with Gasteiger partial charge in [-0.15, -0.1) is 0 Å². The highest BCUT2D eigenvalue weighted by atomic mass is 16.5. The first-order chi connectivity index (χ1) is 8.08. The van der Waals surface area contributed by atoms with E-state index in [-0.39, 0.29) is 0 Å². The molecule has 0 spiro atoms. The van der Waals surface area contributed by atoms with Crippen molar-refractivity contribution in [3.63, 3.8) is 0 Å². The van der Waals surface area contributed by atoms with E-state index in [1.807, 2.05) is 12.1 Å². The molecule has 1 aromatic rings. The lowest BCUT2D eigenvalue weighted by Gasteiger charge is -2.20. The van der Waals surface area contributed by atoms with Crippen LogP contribution in [0.5, 0.6) is 5.75 Å². The monoisotopic (exact) mass is 233 g/mol. The molecule has 0 aromatic heterocycles. The number of methoxy groups -OCH3 is 1. The largest absolute Gasteiger partial charge is 0.497 e. The average Bonchev–Trinajstić information content (AvgIpc) is 2.29. The molecule has 1 aromatic carbocycles. The fourth-order valence-corrected chi connectivity index (χ4v) is 2.18. The maximum Gasteiger partial charge on any atom is 0.119 e. The maximum absolute atomic E-state index is 5.27. The minimum absolute atomic E-state index is 0.516. The third kappa shape index (κ3) is 3.90. The average molecular weight is 233 g/mol. The summed E-state index contributed by atoms with van der Waals surface area (Å²) in [4.78, 5) is 2.22. The molecular weight excluding hydrogens is 210 g/mol. The Bertz CT molecular complexity index is 382. The summed E-state index contributed by atoms with van der Waals surface area (Å²) in [5.74, 6) is 1.43. The van der Waals surface area contributed by atoms with Crippen molar-refractivity contribution < 1.29 is 4.74 Å². The highest BCUT2D eigenvalue weighted by molar-refractivity contribution is 5.68. The standard InChI is InChI=1S/C15H23NO/c1-6-15(12(2)11-16(3)4)13-8-7-9-14(10-13)17-5/h6-10,12H,11H2,1-5H3/t12-/m1/s1. The lowest BCUT2D eigenvalue weighted by Crippen LogP contribution is -2.20. The van der Waals surface area contributed by atoms with Crippen LogP contribution < -0.4 is 4.74 Å². The van der Waals surface area contributed by atoms with Gasteiger partial charge in [-0.05, 0) is 50.2 Å². The Balaban J connectivity index is 2.93. The third-order valence-electron chi connectivity index (χ3n) is 2.88. The summed E-state index contributed by atoms with van der Waals surface area (Å²) in [6, 6.07) is 8.26. The van der Waals surface area contributed by atoms with Crippen LogP contribution in [0.3, 0.4) is 0 Å². The van der Waals surface area contributed by atoms with E-state index >= 15 is 0 Å². The van der Waals surface area contributed by atoms with Crippen LogP contribution in [0.2, 0.25) is 0 Å². The van der Waals surface area contributed by atoms with E-state index in [0.29, 0.717) is 5.92 Å². The van der Waals surface area contributed by atoms with Crippen LogP contribution >= 0.6 is 0 Å². The molecule has 0 N–H and O–H groups in total. The molecular formula is C15H23NO. The predicted octanol–water partition coefficient (Wildman–Crippen LogP) is 3.30. The molecule has 0 saturated carbocycles. The van der Waals surface area contributed by atoms with E-state index in [9.17, 15) is 0 Å². The summed E-state index contributed by atoms with van der Waals surface area (Å²) >= 11 is 0. The van der Waals surface area contributed by atoms with E-state index in [2.05, 4.69) is 51.1 Å². The lowest BCUT2D eigenvalue weighted by molar-refractivity contribution is 0.375. The molecule has 0 aliphatic rings. The second-order valence-electron chi connectivity index (χ2n) is 4.64. The third-order valence-corrected chi connectivity index (χ3v) is 2.88. The zero-order chi connectivity index (χ0) is 12.8. The first-order valence-corrected chi connectivity index (χ1v) is 6.03. The van der Waals surface area contributed by atoms with Gasteiger partial charge < -0.3 is 9.64 Å². The van der Waals surface area contributed by atoms with Crippen LogP contribution in [0.15, 0.2) is 30.3 Å². The molecule has 0 heterocycles. The highest BCUT2D eigenvalue weighted by Crippen LogP contribution is 2.26. The molecule has 0 aliphatic carbocycles. The van der Waals surface area contributed by atoms with E-state index in [4.69, 9.17) is 4.74 Å². The highest BCUT2D eigenvalue weighted by Gasteiger charge is 2.11. The van der Waals surface area contributed by atoms with Gasteiger partial charge in [-0.3, -0.25) is 0 Å². The zero-order valence-corrected chi connectivity index (χ0v) is 11.5. The van der Waals surface area contributed by atoms with Gasteiger partial charge in [0, 0.05) is 6.54 Å². The van der Waals surface area contributed by atoms with Crippen LogP contribution in [0.1, 0.15) is 19.4 Å². The number of allylic oxidation sites excluding steroid dienone is 1. The van der Waals surface area contributed by atoms with Crippen LogP contribution in [-0.2, 0) is 0 Å². The quantitative estimate of drug-likeness (QED) is 0.773. The van der Waals surface area contributed by atoms with Gasteiger partial charge >= 0.3 is 0 Å². The number of benzene rings is 1. The van der Waals surface area contributed by atoms with Gasteiger partial charge in [-0.2, -0.15) is 0 Å². The normalized spacial score (nSPS) is 13.9. The minimum Gasteiger partial charge on any atom is -0.497 e. The number of nitrogens with zero attached hydrogens (tertiary/aromatic N) is 1. The second kappa shape index (κ2) is 6.45. The number of rotatable bonds is 5. The zero-order valence-electron chi connectivity index (χ0n) is 11.5. The molecule has 0 fully saturated rings. The summed E-state index contributed by atoms with van der Waals surface area (Å²) < 4.78 is 5.27. The van der Waals surface area contributed by atoms with Crippen molar-refractivity contribution in [3.05, 3.63) is 35.9 Å². The molecule has 2 nitrogen and oxygen atoms in total. The van der Waals surface area contributed by atoms with E-state index in [1.165, 1.54) is 11.1 Å². The van der Waals surface area contributed by atoms with E-state index < -0.39 is 0 Å². The van der Waals surface area contributed by atoms with Crippen LogP contribution in [0.25, 0.3) is 5.57 Å². The number of ether oxygens (including phenoxy) is 1. The summed E-state index contributed by atoms with van der Waals surface area (Å²) in [5.41, 5.74) is 2.62. The van der Waals surface area contributed by atoms with Gasteiger partial charge in [0.15, 0.2) is 0 Å². The Morgan fingerprint density at radius 2 is 2.12 bits per heavy atom. The van der Waals surface area contributed by atoms with Crippen molar-refractivity contribution in [2.45, 2.75) is 13.8 Å². The molecule has 0 amide bonds. The van der Waals surface area contributed by atoms with Gasteiger partial charge in [-0.25, -0.2) is 0 Å². The topological polar surface area (TPSA) is 12.5 Å². The van der Waals surface area contributed by atoms with Gasteiger partial charge in [0.2, 0.25) is 0 Å². The molecule has 94 valence electrons. The summed E-state index contributed by atoms with van der Waals surface area (Å²) in [7, 11) is 5.92. The summed E-state index contributed by atoms with van der Waals surface area (Å²) in [6.45, 7) is 5.41. The SMILES string of the molecule is CC=C(c1cccc(OC)c1)[C@H](C)CN(C)C. The Kier molecular flexibility index (Phi) is 5.23. The molecule has 1 atom stereocenters. The van der Waals surface area contributed by atoms with Gasteiger partial charge in [0.05, 0.1) is 7.11 Å². The Morgan fingerprint density at radius 1 is 1.41 bits per heavy atom. The van der Waals surface area contributed by atoms with Gasteiger partial charge in [-0.1, -0.05) is 25.1 Å². The van der Waals surface area contributed by atoms with Crippen molar-refractivity contribution in [1.29, 1.82) is 0 Å². The van der Waals surface area contributed by atoms with Crippen LogP contribution in [-0.4, -0.2) is 32.6 Å².